The van der Waals surface area contributed by atoms with Gasteiger partial charge in [0.2, 0.25) is 5.95 Å². The van der Waals surface area contributed by atoms with Crippen LogP contribution in [0.4, 0.5) is 19.1 Å². The van der Waals surface area contributed by atoms with Gasteiger partial charge in [-0.2, -0.15) is 13.2 Å². The number of aromatic amines is 1. The molecule has 0 radical (unpaired) electrons. The first kappa shape index (κ1) is 21.8. The maximum Gasteiger partial charge on any atom is 0.419 e. The van der Waals surface area contributed by atoms with E-state index in [0.717, 1.165) is 25.5 Å². The largest absolute Gasteiger partial charge is 0.419 e. The number of nitrogens with one attached hydrogen (secondary N) is 2. The maximum atomic E-state index is 13.8. The number of aliphatic hydroxyl groups is 1. The van der Waals surface area contributed by atoms with Crippen LogP contribution in [0.15, 0.2) is 30.6 Å². The van der Waals surface area contributed by atoms with Crippen LogP contribution in [0.5, 0.6) is 0 Å². The molecule has 1 aliphatic carbocycles. The molecule has 3 aromatic rings. The molecule has 2 heterocycles. The van der Waals surface area contributed by atoms with E-state index in [1.54, 1.807) is 31.5 Å². The molecule has 0 aliphatic heterocycles. The van der Waals surface area contributed by atoms with Crippen LogP contribution in [0.3, 0.4) is 0 Å². The molecular weight excluding hydrogens is 428 g/mol. The fourth-order valence-electron chi connectivity index (χ4n) is 3.97. The number of hydrogen-bond acceptors (Lipinski definition) is 5. The SMILES string of the molecule is CP(C)(=O)c1cccc2c(-c3nc(NC(CO)C4CCC4)ncc3C(F)(F)F)c[nH]c12. The molecule has 6 nitrogen and oxygen atoms in total. The molecule has 0 bridgehead atoms. The van der Waals surface area contributed by atoms with Gasteiger partial charge in [0.15, 0.2) is 0 Å². The molecule has 1 unspecified atom stereocenters. The summed E-state index contributed by atoms with van der Waals surface area (Å²) in [5, 5.41) is 13.8. The van der Waals surface area contributed by atoms with Crippen LogP contribution in [0.2, 0.25) is 0 Å². The highest BCUT2D eigenvalue weighted by Gasteiger charge is 2.36. The minimum atomic E-state index is -4.65. The van der Waals surface area contributed by atoms with Gasteiger partial charge in [0.05, 0.1) is 23.9 Å². The summed E-state index contributed by atoms with van der Waals surface area (Å²) in [6.07, 6.45) is 0.548. The van der Waals surface area contributed by atoms with E-state index in [2.05, 4.69) is 20.3 Å². The highest BCUT2D eigenvalue weighted by atomic mass is 31.2. The lowest BCUT2D eigenvalue weighted by atomic mass is 9.80. The lowest BCUT2D eigenvalue weighted by Crippen LogP contribution is -2.37. The van der Waals surface area contributed by atoms with E-state index in [4.69, 9.17) is 0 Å². The number of aliphatic hydroxyl groups excluding tert-OH is 1. The van der Waals surface area contributed by atoms with Crippen LogP contribution in [0.1, 0.15) is 24.8 Å². The van der Waals surface area contributed by atoms with Crippen molar-refractivity contribution in [2.24, 2.45) is 5.92 Å². The number of halogens is 3. The Morgan fingerprint density at radius 3 is 2.65 bits per heavy atom. The summed E-state index contributed by atoms with van der Waals surface area (Å²) in [7, 11) is -2.65. The number of para-hydroxylation sites is 1. The summed E-state index contributed by atoms with van der Waals surface area (Å²) in [6, 6.07) is 4.77. The Labute approximate surface area is 177 Å². The summed E-state index contributed by atoms with van der Waals surface area (Å²) < 4.78 is 53.9. The summed E-state index contributed by atoms with van der Waals surface area (Å²) in [6.45, 7) is 3.08. The molecule has 10 heteroatoms. The number of benzene rings is 1. The Bertz CT molecular complexity index is 1150. The Hall–Kier alpha value is -2.38. The second-order valence-electron chi connectivity index (χ2n) is 8.33. The quantitative estimate of drug-likeness (QED) is 0.481. The lowest BCUT2D eigenvalue weighted by molar-refractivity contribution is -0.137. The van der Waals surface area contributed by atoms with Crippen LogP contribution in [0.25, 0.3) is 22.2 Å². The second-order valence-corrected chi connectivity index (χ2v) is 11.5. The number of rotatable bonds is 6. The molecule has 1 aliphatic rings. The van der Waals surface area contributed by atoms with Gasteiger partial charge in [-0.3, -0.25) is 0 Å². The molecular formula is C21H24F3N4O2P. The number of nitrogens with zero attached hydrogens (tertiary/aromatic N) is 2. The van der Waals surface area contributed by atoms with Crippen molar-refractivity contribution in [1.29, 1.82) is 0 Å². The van der Waals surface area contributed by atoms with E-state index in [-0.39, 0.29) is 35.8 Å². The summed E-state index contributed by atoms with van der Waals surface area (Å²) >= 11 is 0. The fraction of sp³-hybridized carbons (Fsp3) is 0.429. The number of alkyl halides is 3. The average Bonchev–Trinajstić information content (AvgIpc) is 3.08. The molecule has 2 aromatic heterocycles. The van der Waals surface area contributed by atoms with Gasteiger partial charge in [-0.25, -0.2) is 9.97 Å². The van der Waals surface area contributed by atoms with Gasteiger partial charge in [-0.15, -0.1) is 0 Å². The summed E-state index contributed by atoms with van der Waals surface area (Å²) in [4.78, 5) is 11.1. The van der Waals surface area contributed by atoms with Crippen molar-refractivity contribution in [2.45, 2.75) is 31.5 Å². The Morgan fingerprint density at radius 1 is 1.32 bits per heavy atom. The molecule has 3 N–H and O–H groups in total. The minimum Gasteiger partial charge on any atom is -0.394 e. The molecule has 0 spiro atoms. The van der Waals surface area contributed by atoms with Gasteiger partial charge in [0, 0.05) is 28.6 Å². The predicted molar refractivity (Wildman–Crippen MR) is 115 cm³/mol. The predicted octanol–water partition coefficient (Wildman–Crippen LogP) is 4.46. The van der Waals surface area contributed by atoms with Crippen molar-refractivity contribution in [1.82, 2.24) is 15.0 Å². The smallest absolute Gasteiger partial charge is 0.394 e. The number of anilines is 1. The third kappa shape index (κ3) is 4.21. The van der Waals surface area contributed by atoms with Crippen LogP contribution < -0.4 is 10.6 Å². The Kier molecular flexibility index (Phi) is 5.60. The number of aromatic nitrogens is 3. The third-order valence-electron chi connectivity index (χ3n) is 5.85. The second kappa shape index (κ2) is 7.95. The van der Waals surface area contributed by atoms with Gasteiger partial charge in [-0.05, 0) is 38.2 Å². The van der Waals surface area contributed by atoms with Crippen LogP contribution in [-0.4, -0.2) is 46.0 Å². The van der Waals surface area contributed by atoms with Crippen molar-refractivity contribution < 1.29 is 22.8 Å². The lowest BCUT2D eigenvalue weighted by Gasteiger charge is -2.33. The van der Waals surface area contributed by atoms with Gasteiger partial charge in [-0.1, -0.05) is 18.6 Å². The zero-order valence-electron chi connectivity index (χ0n) is 17.2. The van der Waals surface area contributed by atoms with Gasteiger partial charge < -0.3 is 20.0 Å². The summed E-state index contributed by atoms with van der Waals surface area (Å²) in [5.41, 5.74) is -0.424. The van der Waals surface area contributed by atoms with Crippen molar-refractivity contribution in [3.63, 3.8) is 0 Å². The van der Waals surface area contributed by atoms with E-state index in [1.165, 1.54) is 6.20 Å². The highest BCUT2D eigenvalue weighted by molar-refractivity contribution is 7.70. The molecule has 1 saturated carbocycles. The minimum absolute atomic E-state index is 0.0381. The maximum absolute atomic E-state index is 13.8. The van der Waals surface area contributed by atoms with E-state index in [0.29, 0.717) is 16.2 Å². The van der Waals surface area contributed by atoms with Crippen LogP contribution in [0, 0.1) is 5.92 Å². The molecule has 0 amide bonds. The van der Waals surface area contributed by atoms with Gasteiger partial charge in [0.25, 0.3) is 0 Å². The van der Waals surface area contributed by atoms with Gasteiger partial charge >= 0.3 is 6.18 Å². The molecule has 4 rings (SSSR count). The van der Waals surface area contributed by atoms with E-state index >= 15 is 0 Å². The molecule has 1 aromatic carbocycles. The first-order valence-electron chi connectivity index (χ1n) is 10.1. The van der Waals surface area contributed by atoms with E-state index < -0.39 is 18.9 Å². The summed E-state index contributed by atoms with van der Waals surface area (Å²) in [5.74, 6) is 0.286. The van der Waals surface area contributed by atoms with Crippen molar-refractivity contribution in [2.75, 3.05) is 25.3 Å². The third-order valence-corrected chi connectivity index (χ3v) is 7.39. The monoisotopic (exact) mass is 452 g/mol. The molecule has 1 fully saturated rings. The van der Waals surface area contributed by atoms with Crippen molar-refractivity contribution in [3.05, 3.63) is 36.2 Å². The zero-order chi connectivity index (χ0) is 22.4. The van der Waals surface area contributed by atoms with E-state index in [1.807, 2.05) is 0 Å². The standard InChI is InChI=1S/C21H24F3N4O2P/c1-31(2,30)17-8-4-7-13-14(9-25-19(13)17)18-15(21(22,23)24)10-26-20(28-18)27-16(11-29)12-5-3-6-12/h4,7-10,12,16,25,29H,3,5-6,11H2,1-2H3,(H,26,27,28). The average molecular weight is 452 g/mol. The molecule has 0 saturated heterocycles. The molecule has 166 valence electrons. The number of hydrogen-bond donors (Lipinski definition) is 3. The fourth-order valence-corrected chi connectivity index (χ4v) is 5.14. The Balaban J connectivity index is 1.83. The topological polar surface area (TPSA) is 90.9 Å². The van der Waals surface area contributed by atoms with Crippen LogP contribution in [-0.2, 0) is 10.7 Å². The van der Waals surface area contributed by atoms with E-state index in [9.17, 15) is 22.8 Å². The van der Waals surface area contributed by atoms with Crippen molar-refractivity contribution >= 4 is 29.3 Å². The normalized spacial score (nSPS) is 16.3. The van der Waals surface area contributed by atoms with Gasteiger partial charge in [0.1, 0.15) is 12.7 Å². The number of H-pyrrole nitrogens is 1. The Morgan fingerprint density at radius 2 is 2.06 bits per heavy atom. The highest BCUT2D eigenvalue weighted by Crippen LogP contribution is 2.42. The molecule has 31 heavy (non-hydrogen) atoms. The zero-order valence-corrected chi connectivity index (χ0v) is 18.1. The number of fused-ring (bicyclic) bond motifs is 1. The first-order chi connectivity index (χ1) is 14.6. The first-order valence-corrected chi connectivity index (χ1v) is 12.7. The van der Waals surface area contributed by atoms with Crippen LogP contribution >= 0.6 is 7.14 Å². The molecule has 1 atom stereocenters. The van der Waals surface area contributed by atoms with Crippen molar-refractivity contribution in [3.8, 4) is 11.3 Å².